The average Bonchev–Trinajstić information content (AvgIpc) is 2.13. The fraction of sp³-hybridized carbons (Fsp3) is 0.538. The second kappa shape index (κ2) is 5.08. The molecular formula is C13H21NO2S. The molecule has 0 aliphatic rings. The molecule has 4 heteroatoms. The lowest BCUT2D eigenvalue weighted by Gasteiger charge is -2.17. The van der Waals surface area contributed by atoms with Crippen LogP contribution >= 0.6 is 0 Å². The maximum atomic E-state index is 11.0. The van der Waals surface area contributed by atoms with Gasteiger partial charge < -0.3 is 0 Å². The Hall–Kier alpha value is -1.03. The quantitative estimate of drug-likeness (QED) is 0.899. The standard InChI is InChI=1S/C13H21NO2S/c1-13(2,3)10-9-11-5-7-12(8-6-11)14-17(4,15)16/h5-8,14H,9-10H2,1-4H3. The van der Waals surface area contributed by atoms with Gasteiger partial charge in [0.25, 0.3) is 0 Å². The van der Waals surface area contributed by atoms with E-state index in [1.807, 2.05) is 12.1 Å². The zero-order valence-corrected chi connectivity index (χ0v) is 11.8. The molecule has 0 aliphatic heterocycles. The predicted molar refractivity (Wildman–Crippen MR) is 72.7 cm³/mol. The van der Waals surface area contributed by atoms with E-state index < -0.39 is 10.0 Å². The van der Waals surface area contributed by atoms with E-state index in [2.05, 4.69) is 25.5 Å². The van der Waals surface area contributed by atoms with Crippen LogP contribution in [-0.2, 0) is 16.4 Å². The molecule has 0 bridgehead atoms. The first-order valence-electron chi connectivity index (χ1n) is 5.72. The molecule has 0 unspecified atom stereocenters. The molecule has 1 aromatic rings. The van der Waals surface area contributed by atoms with E-state index in [1.54, 1.807) is 12.1 Å². The zero-order valence-electron chi connectivity index (χ0n) is 10.9. The van der Waals surface area contributed by atoms with Crippen LogP contribution in [-0.4, -0.2) is 14.7 Å². The number of rotatable bonds is 4. The minimum absolute atomic E-state index is 0.323. The summed E-state index contributed by atoms with van der Waals surface area (Å²) in [6, 6.07) is 7.55. The van der Waals surface area contributed by atoms with Gasteiger partial charge in [0.15, 0.2) is 0 Å². The van der Waals surface area contributed by atoms with Crippen LogP contribution in [0.5, 0.6) is 0 Å². The summed E-state index contributed by atoms with van der Waals surface area (Å²) in [7, 11) is -3.18. The number of aryl methyl sites for hydroxylation is 1. The lowest BCUT2D eigenvalue weighted by atomic mass is 9.89. The number of benzene rings is 1. The summed E-state index contributed by atoms with van der Waals surface area (Å²) in [6.45, 7) is 6.64. The van der Waals surface area contributed by atoms with E-state index in [9.17, 15) is 8.42 Å². The fourth-order valence-corrected chi connectivity index (χ4v) is 2.04. The molecule has 96 valence electrons. The van der Waals surface area contributed by atoms with Crippen LogP contribution < -0.4 is 4.72 Å². The molecule has 1 N–H and O–H groups in total. The van der Waals surface area contributed by atoms with Gasteiger partial charge in [-0.2, -0.15) is 0 Å². The minimum Gasteiger partial charge on any atom is -0.284 e. The number of anilines is 1. The van der Waals surface area contributed by atoms with Gasteiger partial charge in [0.2, 0.25) is 10.0 Å². The smallest absolute Gasteiger partial charge is 0.229 e. The maximum Gasteiger partial charge on any atom is 0.229 e. The Kier molecular flexibility index (Phi) is 4.20. The van der Waals surface area contributed by atoms with Gasteiger partial charge in [-0.15, -0.1) is 0 Å². The lowest BCUT2D eigenvalue weighted by molar-refractivity contribution is 0.378. The molecule has 0 radical (unpaired) electrons. The van der Waals surface area contributed by atoms with Crippen LogP contribution in [0.2, 0.25) is 0 Å². The first-order valence-corrected chi connectivity index (χ1v) is 7.62. The Morgan fingerprint density at radius 3 is 2.06 bits per heavy atom. The Morgan fingerprint density at radius 2 is 1.65 bits per heavy atom. The molecule has 0 aromatic heterocycles. The Morgan fingerprint density at radius 1 is 1.12 bits per heavy atom. The molecule has 0 atom stereocenters. The summed E-state index contributed by atoms with van der Waals surface area (Å²) in [6.07, 6.45) is 3.29. The molecule has 0 heterocycles. The first-order chi connectivity index (χ1) is 7.66. The third kappa shape index (κ3) is 6.31. The largest absolute Gasteiger partial charge is 0.284 e. The van der Waals surface area contributed by atoms with E-state index in [4.69, 9.17) is 0 Å². The van der Waals surface area contributed by atoms with Crippen molar-refractivity contribution in [3.8, 4) is 0 Å². The highest BCUT2D eigenvalue weighted by atomic mass is 32.2. The van der Waals surface area contributed by atoms with Crippen LogP contribution in [0, 0.1) is 5.41 Å². The van der Waals surface area contributed by atoms with Gasteiger partial charge in [0.05, 0.1) is 6.26 Å². The summed E-state index contributed by atoms with van der Waals surface area (Å²) in [5, 5.41) is 0. The van der Waals surface area contributed by atoms with E-state index in [-0.39, 0.29) is 0 Å². The zero-order chi connectivity index (χ0) is 13.1. The summed E-state index contributed by atoms with van der Waals surface area (Å²) in [5.74, 6) is 0. The van der Waals surface area contributed by atoms with Crippen LogP contribution in [0.3, 0.4) is 0 Å². The topological polar surface area (TPSA) is 46.2 Å². The summed E-state index contributed by atoms with van der Waals surface area (Å²) < 4.78 is 24.5. The molecule has 17 heavy (non-hydrogen) atoms. The predicted octanol–water partition coefficient (Wildman–Crippen LogP) is 3.04. The normalized spacial score (nSPS) is 12.5. The molecule has 0 saturated carbocycles. The van der Waals surface area contributed by atoms with Crippen molar-refractivity contribution in [2.45, 2.75) is 33.6 Å². The number of nitrogens with one attached hydrogen (secondary N) is 1. The Bertz CT molecular complexity index is 455. The third-order valence-corrected chi connectivity index (χ3v) is 3.03. The van der Waals surface area contributed by atoms with Crippen molar-refractivity contribution in [3.63, 3.8) is 0 Å². The average molecular weight is 255 g/mol. The van der Waals surface area contributed by atoms with Gasteiger partial charge in [0, 0.05) is 5.69 Å². The molecular weight excluding hydrogens is 234 g/mol. The minimum atomic E-state index is -3.18. The highest BCUT2D eigenvalue weighted by Gasteiger charge is 2.10. The van der Waals surface area contributed by atoms with Crippen LogP contribution in [0.4, 0.5) is 5.69 Å². The third-order valence-electron chi connectivity index (χ3n) is 2.42. The van der Waals surface area contributed by atoms with E-state index >= 15 is 0 Å². The Balaban J connectivity index is 2.63. The van der Waals surface area contributed by atoms with Gasteiger partial charge in [-0.3, -0.25) is 4.72 Å². The summed E-state index contributed by atoms with van der Waals surface area (Å²) in [5.41, 5.74) is 2.18. The van der Waals surface area contributed by atoms with Gasteiger partial charge in [-0.1, -0.05) is 32.9 Å². The van der Waals surface area contributed by atoms with Gasteiger partial charge >= 0.3 is 0 Å². The highest BCUT2D eigenvalue weighted by molar-refractivity contribution is 7.92. The van der Waals surface area contributed by atoms with Crippen LogP contribution in [0.25, 0.3) is 0 Å². The second-order valence-electron chi connectivity index (χ2n) is 5.63. The van der Waals surface area contributed by atoms with E-state index in [0.717, 1.165) is 19.1 Å². The number of hydrogen-bond donors (Lipinski definition) is 1. The van der Waals surface area contributed by atoms with Crippen molar-refractivity contribution >= 4 is 15.7 Å². The van der Waals surface area contributed by atoms with E-state index in [0.29, 0.717) is 11.1 Å². The number of hydrogen-bond acceptors (Lipinski definition) is 2. The molecule has 3 nitrogen and oxygen atoms in total. The Labute approximate surface area is 104 Å². The highest BCUT2D eigenvalue weighted by Crippen LogP contribution is 2.22. The molecule has 0 spiro atoms. The second-order valence-corrected chi connectivity index (χ2v) is 7.38. The lowest BCUT2D eigenvalue weighted by Crippen LogP contribution is -2.09. The van der Waals surface area contributed by atoms with Crippen molar-refractivity contribution in [2.75, 3.05) is 11.0 Å². The SMILES string of the molecule is CC(C)(C)CCc1ccc(NS(C)(=O)=O)cc1. The van der Waals surface area contributed by atoms with Crippen molar-refractivity contribution in [1.29, 1.82) is 0 Å². The van der Waals surface area contributed by atoms with E-state index in [1.165, 1.54) is 5.56 Å². The van der Waals surface area contributed by atoms with Crippen molar-refractivity contribution in [3.05, 3.63) is 29.8 Å². The summed E-state index contributed by atoms with van der Waals surface area (Å²) >= 11 is 0. The van der Waals surface area contributed by atoms with Crippen LogP contribution in [0.15, 0.2) is 24.3 Å². The summed E-state index contributed by atoms with van der Waals surface area (Å²) in [4.78, 5) is 0. The van der Waals surface area contributed by atoms with Crippen molar-refractivity contribution < 1.29 is 8.42 Å². The van der Waals surface area contributed by atoms with Gasteiger partial charge in [-0.05, 0) is 36.0 Å². The molecule has 1 rings (SSSR count). The van der Waals surface area contributed by atoms with Crippen molar-refractivity contribution in [1.82, 2.24) is 0 Å². The first kappa shape index (κ1) is 14.0. The molecule has 1 aromatic carbocycles. The molecule has 0 aliphatic carbocycles. The molecule has 0 fully saturated rings. The van der Waals surface area contributed by atoms with Crippen molar-refractivity contribution in [2.24, 2.45) is 5.41 Å². The molecule has 0 saturated heterocycles. The number of sulfonamides is 1. The van der Waals surface area contributed by atoms with Gasteiger partial charge in [-0.25, -0.2) is 8.42 Å². The van der Waals surface area contributed by atoms with Crippen LogP contribution in [0.1, 0.15) is 32.8 Å². The van der Waals surface area contributed by atoms with Gasteiger partial charge in [0.1, 0.15) is 0 Å². The monoisotopic (exact) mass is 255 g/mol. The maximum absolute atomic E-state index is 11.0. The molecule has 0 amide bonds. The fourth-order valence-electron chi connectivity index (χ4n) is 1.47.